The predicted molar refractivity (Wildman–Crippen MR) is 73.3 cm³/mol. The average molecular weight is 261 g/mol. The van der Waals surface area contributed by atoms with E-state index in [2.05, 4.69) is 33.8 Å². The Bertz CT molecular complexity index is 598. The largest absolute Gasteiger partial charge is 0.372 e. The fourth-order valence-electron chi connectivity index (χ4n) is 2.84. The summed E-state index contributed by atoms with van der Waals surface area (Å²) in [6.07, 6.45) is 2.04. The number of aromatic nitrogens is 4. The number of rotatable bonds is 1. The molecule has 0 bridgehead atoms. The zero-order chi connectivity index (χ0) is 13.6. The van der Waals surface area contributed by atoms with Gasteiger partial charge in [-0.15, -0.1) is 0 Å². The topological polar surface area (TPSA) is 56.1 Å². The van der Waals surface area contributed by atoms with Gasteiger partial charge in [0.05, 0.1) is 17.9 Å². The fourth-order valence-corrected chi connectivity index (χ4v) is 2.84. The Hall–Kier alpha value is -1.69. The van der Waals surface area contributed by atoms with Gasteiger partial charge in [-0.05, 0) is 20.8 Å². The third-order valence-electron chi connectivity index (χ3n) is 3.49. The maximum atomic E-state index is 5.78. The van der Waals surface area contributed by atoms with Crippen molar-refractivity contribution >= 4 is 16.9 Å². The van der Waals surface area contributed by atoms with E-state index in [0.29, 0.717) is 0 Å². The Morgan fingerprint density at radius 2 is 1.89 bits per heavy atom. The van der Waals surface area contributed by atoms with Crippen LogP contribution in [0.1, 0.15) is 19.5 Å². The molecule has 1 saturated heterocycles. The van der Waals surface area contributed by atoms with Crippen molar-refractivity contribution in [1.82, 2.24) is 19.7 Å². The summed E-state index contributed by atoms with van der Waals surface area (Å²) >= 11 is 0. The lowest BCUT2D eigenvalue weighted by molar-refractivity contribution is -0.00539. The van der Waals surface area contributed by atoms with Gasteiger partial charge in [0.2, 0.25) is 0 Å². The van der Waals surface area contributed by atoms with Gasteiger partial charge in [0.25, 0.3) is 0 Å². The molecule has 2 aromatic heterocycles. The fraction of sp³-hybridized carbons (Fsp3) is 0.615. The number of hydrogen-bond donors (Lipinski definition) is 0. The monoisotopic (exact) mass is 261 g/mol. The molecule has 0 amide bonds. The highest BCUT2D eigenvalue weighted by molar-refractivity contribution is 5.87. The van der Waals surface area contributed by atoms with Crippen LogP contribution < -0.4 is 4.90 Å². The molecule has 6 heteroatoms. The lowest BCUT2D eigenvalue weighted by Crippen LogP contribution is -2.46. The Morgan fingerprint density at radius 1 is 1.21 bits per heavy atom. The minimum atomic E-state index is 0.211. The van der Waals surface area contributed by atoms with Crippen LogP contribution in [0.2, 0.25) is 0 Å². The molecule has 0 unspecified atom stereocenters. The smallest absolute Gasteiger partial charge is 0.158 e. The molecule has 0 saturated carbocycles. The minimum absolute atomic E-state index is 0.211. The van der Waals surface area contributed by atoms with Crippen molar-refractivity contribution in [2.75, 3.05) is 18.0 Å². The van der Waals surface area contributed by atoms with Crippen LogP contribution in [0, 0.1) is 6.92 Å². The van der Waals surface area contributed by atoms with Crippen molar-refractivity contribution in [2.45, 2.75) is 33.0 Å². The molecule has 0 aromatic carbocycles. The van der Waals surface area contributed by atoms with Gasteiger partial charge in [-0.2, -0.15) is 5.10 Å². The van der Waals surface area contributed by atoms with E-state index in [9.17, 15) is 0 Å². The molecule has 19 heavy (non-hydrogen) atoms. The zero-order valence-corrected chi connectivity index (χ0v) is 11.8. The molecule has 0 N–H and O–H groups in total. The lowest BCUT2D eigenvalue weighted by atomic mass is 10.2. The van der Waals surface area contributed by atoms with Gasteiger partial charge >= 0.3 is 0 Å². The Labute approximate surface area is 112 Å². The molecule has 1 aliphatic heterocycles. The quantitative estimate of drug-likeness (QED) is 0.774. The molecule has 0 spiro atoms. The first-order valence-corrected chi connectivity index (χ1v) is 6.61. The summed E-state index contributed by atoms with van der Waals surface area (Å²) in [5.41, 5.74) is 2.87. The van der Waals surface area contributed by atoms with Crippen LogP contribution in [0.15, 0.2) is 6.33 Å². The van der Waals surface area contributed by atoms with Crippen molar-refractivity contribution in [3.8, 4) is 0 Å². The van der Waals surface area contributed by atoms with Gasteiger partial charge in [-0.25, -0.2) is 9.97 Å². The van der Waals surface area contributed by atoms with Crippen LogP contribution in [0.3, 0.4) is 0 Å². The summed E-state index contributed by atoms with van der Waals surface area (Å²) in [7, 11) is 1.94. The van der Waals surface area contributed by atoms with Gasteiger partial charge in [-0.3, -0.25) is 4.68 Å². The molecule has 0 radical (unpaired) electrons. The van der Waals surface area contributed by atoms with E-state index in [1.807, 2.05) is 18.7 Å². The number of aryl methyl sites for hydroxylation is 2. The van der Waals surface area contributed by atoms with Crippen molar-refractivity contribution in [3.05, 3.63) is 12.0 Å². The summed E-state index contributed by atoms with van der Waals surface area (Å²) in [5.74, 6) is 0.954. The first kappa shape index (κ1) is 12.3. The number of morpholine rings is 1. The van der Waals surface area contributed by atoms with Gasteiger partial charge < -0.3 is 9.64 Å². The van der Waals surface area contributed by atoms with E-state index in [0.717, 1.165) is 35.6 Å². The van der Waals surface area contributed by atoms with Crippen molar-refractivity contribution in [1.29, 1.82) is 0 Å². The molecule has 6 nitrogen and oxygen atoms in total. The molecule has 2 aromatic rings. The van der Waals surface area contributed by atoms with Crippen LogP contribution in [-0.4, -0.2) is 45.0 Å². The predicted octanol–water partition coefficient (Wildman–Crippen LogP) is 1.29. The zero-order valence-electron chi connectivity index (χ0n) is 11.8. The van der Waals surface area contributed by atoms with Crippen LogP contribution >= 0.6 is 0 Å². The van der Waals surface area contributed by atoms with E-state index >= 15 is 0 Å². The first-order valence-electron chi connectivity index (χ1n) is 6.61. The van der Waals surface area contributed by atoms with Crippen LogP contribution in [0.5, 0.6) is 0 Å². The highest BCUT2D eigenvalue weighted by Crippen LogP contribution is 2.26. The molecule has 3 heterocycles. The highest BCUT2D eigenvalue weighted by Gasteiger charge is 2.26. The standard InChI is InChI=1S/C13H19N5O/c1-8-5-18(6-9(2)19-8)13-12-11(14-7-15-13)10(3)16-17(12)4/h7-9H,5-6H2,1-4H3/t8-,9-/m0/s1. The molecule has 3 rings (SSSR count). The van der Waals surface area contributed by atoms with Gasteiger partial charge in [0, 0.05) is 20.1 Å². The molecule has 2 atom stereocenters. The maximum absolute atomic E-state index is 5.78. The van der Waals surface area contributed by atoms with E-state index in [1.54, 1.807) is 6.33 Å². The van der Waals surface area contributed by atoms with Crippen molar-refractivity contribution < 1.29 is 4.74 Å². The normalized spacial score (nSPS) is 24.1. The average Bonchev–Trinajstić information content (AvgIpc) is 2.64. The molecular formula is C13H19N5O. The number of nitrogens with zero attached hydrogens (tertiary/aromatic N) is 5. The molecule has 102 valence electrons. The number of anilines is 1. The van der Waals surface area contributed by atoms with E-state index in [-0.39, 0.29) is 12.2 Å². The maximum Gasteiger partial charge on any atom is 0.158 e. The number of fused-ring (bicyclic) bond motifs is 1. The van der Waals surface area contributed by atoms with E-state index in [1.165, 1.54) is 0 Å². The SMILES string of the molecule is Cc1nn(C)c2c(N3C[C@H](C)O[C@@H](C)C3)ncnc12. The Balaban J connectivity index is 2.09. The molecule has 1 fully saturated rings. The van der Waals surface area contributed by atoms with E-state index < -0.39 is 0 Å². The number of hydrogen-bond acceptors (Lipinski definition) is 5. The molecule has 0 aliphatic carbocycles. The summed E-state index contributed by atoms with van der Waals surface area (Å²) in [6.45, 7) is 7.86. The Morgan fingerprint density at radius 3 is 2.58 bits per heavy atom. The summed E-state index contributed by atoms with van der Waals surface area (Å²) in [6, 6.07) is 0. The third kappa shape index (κ3) is 2.06. The van der Waals surface area contributed by atoms with Gasteiger partial charge in [-0.1, -0.05) is 0 Å². The van der Waals surface area contributed by atoms with Crippen LogP contribution in [-0.2, 0) is 11.8 Å². The van der Waals surface area contributed by atoms with Crippen molar-refractivity contribution in [3.63, 3.8) is 0 Å². The summed E-state index contributed by atoms with van der Waals surface area (Å²) < 4.78 is 7.64. The lowest BCUT2D eigenvalue weighted by Gasteiger charge is -2.36. The highest BCUT2D eigenvalue weighted by atomic mass is 16.5. The molecule has 1 aliphatic rings. The second-order valence-corrected chi connectivity index (χ2v) is 5.27. The number of ether oxygens (including phenoxy) is 1. The second kappa shape index (κ2) is 4.45. The summed E-state index contributed by atoms with van der Waals surface area (Å²) in [5, 5.41) is 4.44. The van der Waals surface area contributed by atoms with Crippen LogP contribution in [0.25, 0.3) is 11.0 Å². The Kier molecular flexibility index (Phi) is 2.89. The summed E-state index contributed by atoms with van der Waals surface area (Å²) in [4.78, 5) is 11.1. The van der Waals surface area contributed by atoms with Gasteiger partial charge in [0.15, 0.2) is 5.82 Å². The first-order chi connectivity index (χ1) is 9.06. The third-order valence-corrected chi connectivity index (χ3v) is 3.49. The minimum Gasteiger partial charge on any atom is -0.372 e. The molecular weight excluding hydrogens is 242 g/mol. The van der Waals surface area contributed by atoms with E-state index in [4.69, 9.17) is 4.74 Å². The van der Waals surface area contributed by atoms with Crippen LogP contribution in [0.4, 0.5) is 5.82 Å². The second-order valence-electron chi connectivity index (χ2n) is 5.27. The van der Waals surface area contributed by atoms with Crippen molar-refractivity contribution in [2.24, 2.45) is 7.05 Å². The van der Waals surface area contributed by atoms with Gasteiger partial charge in [0.1, 0.15) is 17.4 Å².